The van der Waals surface area contributed by atoms with Gasteiger partial charge in [0.1, 0.15) is 11.9 Å². The van der Waals surface area contributed by atoms with Gasteiger partial charge in [-0.25, -0.2) is 4.79 Å². The van der Waals surface area contributed by atoms with Crippen molar-refractivity contribution < 1.29 is 24.9 Å². The van der Waals surface area contributed by atoms with Crippen molar-refractivity contribution in [3.05, 3.63) is 22.7 Å². The number of aliphatic hydroxyl groups excluding tert-OH is 2. The fourth-order valence-corrected chi connectivity index (χ4v) is 1.58. The predicted molar refractivity (Wildman–Crippen MR) is 61.0 cm³/mol. The van der Waals surface area contributed by atoms with Crippen LogP contribution in [-0.4, -0.2) is 34.5 Å². The third kappa shape index (κ3) is 2.79. The molecule has 94 valence electrons. The molecule has 17 heavy (non-hydrogen) atoms. The van der Waals surface area contributed by atoms with Gasteiger partial charge in [-0.15, -0.1) is 0 Å². The lowest BCUT2D eigenvalue weighted by Gasteiger charge is -2.17. The lowest BCUT2D eigenvalue weighted by molar-refractivity contribution is -0.153. The number of hydrogen-bond acceptors (Lipinski definition) is 5. The summed E-state index contributed by atoms with van der Waals surface area (Å²) in [6, 6.07) is 2.60. The molecule has 0 aromatic heterocycles. The van der Waals surface area contributed by atoms with E-state index in [2.05, 4.69) is 0 Å². The highest BCUT2D eigenvalue weighted by molar-refractivity contribution is 6.31. The van der Waals surface area contributed by atoms with Crippen LogP contribution in [0.3, 0.4) is 0 Å². The number of aliphatic carboxylic acids is 1. The fraction of sp³-hybridized carbons (Fsp3) is 0.300. The summed E-state index contributed by atoms with van der Waals surface area (Å²) in [6.07, 6.45) is -3.63. The Morgan fingerprint density at radius 3 is 2.53 bits per heavy atom. The monoisotopic (exact) mass is 261 g/mol. The SMILES string of the molecule is COc1cc(C(O)C(O)C(=O)O)c(Cl)cc1N. The molecule has 0 radical (unpaired) electrons. The van der Waals surface area contributed by atoms with Crippen LogP contribution in [0.15, 0.2) is 12.1 Å². The Kier molecular flexibility index (Phi) is 4.17. The number of benzene rings is 1. The summed E-state index contributed by atoms with van der Waals surface area (Å²) < 4.78 is 4.91. The second-order valence-corrected chi connectivity index (χ2v) is 3.75. The van der Waals surface area contributed by atoms with Crippen molar-refractivity contribution in [2.24, 2.45) is 0 Å². The molecule has 1 rings (SSSR count). The molecule has 6 nitrogen and oxygen atoms in total. The molecule has 2 atom stereocenters. The topological polar surface area (TPSA) is 113 Å². The molecule has 0 spiro atoms. The van der Waals surface area contributed by atoms with Gasteiger partial charge in [0.15, 0.2) is 6.10 Å². The van der Waals surface area contributed by atoms with Crippen LogP contribution >= 0.6 is 11.6 Å². The Labute approximate surface area is 102 Å². The van der Waals surface area contributed by atoms with Crippen molar-refractivity contribution in [1.82, 2.24) is 0 Å². The number of ether oxygens (including phenoxy) is 1. The van der Waals surface area contributed by atoms with Gasteiger partial charge in [-0.2, -0.15) is 0 Å². The summed E-state index contributed by atoms with van der Waals surface area (Å²) in [5.74, 6) is -1.31. The van der Waals surface area contributed by atoms with Crippen LogP contribution in [0.1, 0.15) is 11.7 Å². The normalized spacial score (nSPS) is 14.1. The first-order valence-corrected chi connectivity index (χ1v) is 4.98. The highest BCUT2D eigenvalue weighted by Crippen LogP contribution is 2.33. The minimum atomic E-state index is -1.97. The summed E-state index contributed by atoms with van der Waals surface area (Å²) in [7, 11) is 1.36. The highest BCUT2D eigenvalue weighted by atomic mass is 35.5. The van der Waals surface area contributed by atoms with Gasteiger partial charge in [0.25, 0.3) is 0 Å². The van der Waals surface area contributed by atoms with Crippen LogP contribution in [-0.2, 0) is 4.79 Å². The molecule has 0 aliphatic rings. The maximum Gasteiger partial charge on any atom is 0.335 e. The molecule has 0 aliphatic carbocycles. The second-order valence-electron chi connectivity index (χ2n) is 3.34. The zero-order chi connectivity index (χ0) is 13.2. The summed E-state index contributed by atoms with van der Waals surface area (Å²) in [5, 5.41) is 27.5. The quantitative estimate of drug-likeness (QED) is 0.584. The predicted octanol–water partition coefficient (Wildman–Crippen LogP) is 0.410. The highest BCUT2D eigenvalue weighted by Gasteiger charge is 2.27. The number of carbonyl (C=O) groups is 1. The summed E-state index contributed by atoms with van der Waals surface area (Å²) in [4.78, 5) is 10.5. The summed E-state index contributed by atoms with van der Waals surface area (Å²) in [6.45, 7) is 0. The van der Waals surface area contributed by atoms with E-state index in [1.165, 1.54) is 19.2 Å². The average Bonchev–Trinajstić information content (AvgIpc) is 2.27. The van der Waals surface area contributed by atoms with E-state index in [1.807, 2.05) is 0 Å². The smallest absolute Gasteiger partial charge is 0.335 e. The molecular formula is C10H12ClNO5. The van der Waals surface area contributed by atoms with Gasteiger partial charge in [0.2, 0.25) is 0 Å². The number of rotatable bonds is 4. The van der Waals surface area contributed by atoms with Gasteiger partial charge in [0.05, 0.1) is 12.8 Å². The number of nitrogens with two attached hydrogens (primary N) is 1. The van der Waals surface area contributed by atoms with Gasteiger partial charge >= 0.3 is 5.97 Å². The Morgan fingerprint density at radius 2 is 2.06 bits per heavy atom. The van der Waals surface area contributed by atoms with E-state index in [0.717, 1.165) is 0 Å². The third-order valence-corrected chi connectivity index (χ3v) is 2.55. The molecule has 2 unspecified atom stereocenters. The van der Waals surface area contributed by atoms with Gasteiger partial charge in [-0.05, 0) is 12.1 Å². The molecule has 0 saturated heterocycles. The Morgan fingerprint density at radius 1 is 1.47 bits per heavy atom. The summed E-state index contributed by atoms with van der Waals surface area (Å²) >= 11 is 5.80. The van der Waals surface area contributed by atoms with E-state index >= 15 is 0 Å². The molecule has 7 heteroatoms. The maximum absolute atomic E-state index is 10.5. The number of carboxylic acid groups (broad SMARTS) is 1. The minimum absolute atomic E-state index is 0.0348. The van der Waals surface area contributed by atoms with Crippen LogP contribution in [0.25, 0.3) is 0 Å². The van der Waals surface area contributed by atoms with Crippen molar-refractivity contribution in [1.29, 1.82) is 0 Å². The van der Waals surface area contributed by atoms with E-state index in [9.17, 15) is 15.0 Å². The van der Waals surface area contributed by atoms with E-state index in [1.54, 1.807) is 0 Å². The number of carboxylic acids is 1. The molecule has 1 aromatic carbocycles. The number of halogens is 1. The van der Waals surface area contributed by atoms with E-state index in [0.29, 0.717) is 0 Å². The Hall–Kier alpha value is -1.50. The van der Waals surface area contributed by atoms with Gasteiger partial charge in [0, 0.05) is 10.6 Å². The number of hydrogen-bond donors (Lipinski definition) is 4. The lowest BCUT2D eigenvalue weighted by Crippen LogP contribution is -2.27. The van der Waals surface area contributed by atoms with E-state index < -0.39 is 18.2 Å². The van der Waals surface area contributed by atoms with Gasteiger partial charge in [-0.3, -0.25) is 0 Å². The van der Waals surface area contributed by atoms with Gasteiger partial charge in [-0.1, -0.05) is 11.6 Å². The molecule has 0 aliphatic heterocycles. The van der Waals surface area contributed by atoms with Crippen LogP contribution in [0, 0.1) is 0 Å². The fourth-order valence-electron chi connectivity index (χ4n) is 1.29. The van der Waals surface area contributed by atoms with Crippen molar-refractivity contribution in [3.63, 3.8) is 0 Å². The number of anilines is 1. The minimum Gasteiger partial charge on any atom is -0.495 e. The number of aliphatic hydroxyl groups is 2. The molecule has 0 heterocycles. The maximum atomic E-state index is 10.5. The first kappa shape index (κ1) is 13.6. The first-order valence-electron chi connectivity index (χ1n) is 4.60. The molecule has 1 aromatic rings. The van der Waals surface area contributed by atoms with E-state index in [4.69, 9.17) is 27.2 Å². The number of nitrogen functional groups attached to an aromatic ring is 1. The van der Waals surface area contributed by atoms with Crippen LogP contribution in [0.2, 0.25) is 5.02 Å². The van der Waals surface area contributed by atoms with E-state index in [-0.39, 0.29) is 22.0 Å². The molecule has 0 fully saturated rings. The van der Waals surface area contributed by atoms with Crippen LogP contribution < -0.4 is 10.5 Å². The molecule has 5 N–H and O–H groups in total. The van der Waals surface area contributed by atoms with Crippen molar-refractivity contribution in [2.75, 3.05) is 12.8 Å². The molecule has 0 saturated carbocycles. The zero-order valence-corrected chi connectivity index (χ0v) is 9.68. The van der Waals surface area contributed by atoms with Gasteiger partial charge < -0.3 is 25.8 Å². The average molecular weight is 262 g/mol. The lowest BCUT2D eigenvalue weighted by atomic mass is 10.0. The molecule has 0 bridgehead atoms. The van der Waals surface area contributed by atoms with Crippen molar-refractivity contribution in [3.8, 4) is 5.75 Å². The van der Waals surface area contributed by atoms with Crippen LogP contribution in [0.4, 0.5) is 5.69 Å². The molecular weight excluding hydrogens is 250 g/mol. The Bertz CT molecular complexity index is 437. The molecule has 0 amide bonds. The Balaban J connectivity index is 3.17. The standard InChI is InChI=1S/C10H12ClNO5/c1-17-7-2-4(5(11)3-6(7)12)8(13)9(14)10(15)16/h2-3,8-9,13-14H,12H2,1H3,(H,15,16). The zero-order valence-electron chi connectivity index (χ0n) is 8.92. The largest absolute Gasteiger partial charge is 0.495 e. The van der Waals surface area contributed by atoms with Crippen molar-refractivity contribution >= 4 is 23.3 Å². The van der Waals surface area contributed by atoms with Crippen LogP contribution in [0.5, 0.6) is 5.75 Å². The van der Waals surface area contributed by atoms with Crippen molar-refractivity contribution in [2.45, 2.75) is 12.2 Å². The number of methoxy groups -OCH3 is 1. The first-order chi connectivity index (χ1) is 7.88. The third-order valence-electron chi connectivity index (χ3n) is 2.22. The second kappa shape index (κ2) is 5.22. The summed E-state index contributed by atoms with van der Waals surface area (Å²) in [5.41, 5.74) is 5.85.